The summed E-state index contributed by atoms with van der Waals surface area (Å²) in [5, 5.41) is 4.33. The first-order valence-corrected chi connectivity index (χ1v) is 18.2. The first-order chi connectivity index (χ1) is 26.8. The number of fused-ring (bicyclic) bond motifs is 5. The number of para-hydroxylation sites is 2. The maximum atomic E-state index is 6.76. The molecule has 0 amide bonds. The summed E-state index contributed by atoms with van der Waals surface area (Å²) < 4.78 is 6.76. The molecule has 0 fully saturated rings. The van der Waals surface area contributed by atoms with Crippen molar-refractivity contribution < 1.29 is 4.42 Å². The van der Waals surface area contributed by atoms with Gasteiger partial charge in [-0.2, -0.15) is 0 Å². The second-order valence-corrected chi connectivity index (χ2v) is 13.4. The van der Waals surface area contributed by atoms with E-state index in [1.54, 1.807) is 0 Å². The molecule has 0 aliphatic rings. The Morgan fingerprint density at radius 2 is 0.870 bits per heavy atom. The van der Waals surface area contributed by atoms with Gasteiger partial charge in [0.25, 0.3) is 0 Å². The van der Waals surface area contributed by atoms with Crippen LogP contribution in [0.15, 0.2) is 205 Å². The smallest absolute Gasteiger partial charge is 0.161 e. The molecule has 0 atom stereocenters. The molecule has 0 N–H and O–H groups in total. The van der Waals surface area contributed by atoms with Crippen LogP contribution >= 0.6 is 0 Å². The predicted octanol–water partition coefficient (Wildman–Crippen LogP) is 13.7. The Morgan fingerprint density at radius 1 is 0.352 bits per heavy atom. The molecule has 0 aliphatic carbocycles. The Morgan fingerprint density at radius 3 is 1.50 bits per heavy atom. The van der Waals surface area contributed by atoms with Gasteiger partial charge in [0.05, 0.1) is 11.4 Å². The molecule has 2 heterocycles. The zero-order valence-electron chi connectivity index (χ0n) is 29.3. The highest BCUT2D eigenvalue weighted by molar-refractivity contribution is 6.25. The van der Waals surface area contributed by atoms with Crippen molar-refractivity contribution in [1.29, 1.82) is 0 Å². The molecule has 54 heavy (non-hydrogen) atoms. The van der Waals surface area contributed by atoms with Gasteiger partial charge >= 0.3 is 0 Å². The Kier molecular flexibility index (Phi) is 7.77. The molecule has 0 bridgehead atoms. The van der Waals surface area contributed by atoms with E-state index in [0.717, 1.165) is 89.0 Å². The van der Waals surface area contributed by atoms with E-state index in [2.05, 4.69) is 157 Å². The van der Waals surface area contributed by atoms with Crippen LogP contribution in [0.4, 0.5) is 17.1 Å². The lowest BCUT2D eigenvalue weighted by Crippen LogP contribution is -2.09. The van der Waals surface area contributed by atoms with Crippen LogP contribution in [0.25, 0.3) is 77.7 Å². The van der Waals surface area contributed by atoms with E-state index in [0.29, 0.717) is 5.82 Å². The molecule has 4 nitrogen and oxygen atoms in total. The normalized spacial score (nSPS) is 11.3. The van der Waals surface area contributed by atoms with Gasteiger partial charge in [0.2, 0.25) is 0 Å². The minimum absolute atomic E-state index is 0.659. The fraction of sp³-hybridized carbons (Fsp3) is 0. The Bertz CT molecular complexity index is 2830. The molecular formula is C50H33N3O. The average Bonchev–Trinajstić information content (AvgIpc) is 3.64. The Labute approximate surface area is 313 Å². The molecule has 0 spiro atoms. The number of aromatic nitrogens is 2. The van der Waals surface area contributed by atoms with E-state index >= 15 is 0 Å². The number of hydrogen-bond donors (Lipinski definition) is 0. The van der Waals surface area contributed by atoms with Crippen molar-refractivity contribution >= 4 is 49.8 Å². The minimum Gasteiger partial charge on any atom is -0.456 e. The second-order valence-electron chi connectivity index (χ2n) is 13.4. The highest BCUT2D eigenvalue weighted by atomic mass is 16.3. The topological polar surface area (TPSA) is 42.2 Å². The maximum Gasteiger partial charge on any atom is 0.161 e. The van der Waals surface area contributed by atoms with E-state index in [1.165, 1.54) is 0 Å². The molecule has 0 saturated carbocycles. The third-order valence-electron chi connectivity index (χ3n) is 10.1. The summed E-state index contributed by atoms with van der Waals surface area (Å²) in [6.07, 6.45) is 0. The minimum atomic E-state index is 0.659. The fourth-order valence-corrected chi connectivity index (χ4v) is 7.60. The number of anilines is 3. The highest BCUT2D eigenvalue weighted by Gasteiger charge is 2.21. The van der Waals surface area contributed by atoms with Crippen LogP contribution in [-0.4, -0.2) is 9.97 Å². The van der Waals surface area contributed by atoms with E-state index in [4.69, 9.17) is 14.4 Å². The van der Waals surface area contributed by atoms with Crippen molar-refractivity contribution in [3.05, 3.63) is 200 Å². The van der Waals surface area contributed by atoms with Crippen LogP contribution in [0, 0.1) is 0 Å². The number of nitrogens with zero attached hydrogens (tertiary/aromatic N) is 3. The number of hydrogen-bond acceptors (Lipinski definition) is 4. The zero-order chi connectivity index (χ0) is 35.8. The number of rotatable bonds is 7. The average molecular weight is 692 g/mol. The molecule has 8 aromatic carbocycles. The third-order valence-corrected chi connectivity index (χ3v) is 10.1. The molecule has 0 aliphatic heterocycles. The van der Waals surface area contributed by atoms with E-state index in [1.807, 2.05) is 48.5 Å². The zero-order valence-corrected chi connectivity index (χ0v) is 29.3. The molecular weight excluding hydrogens is 659 g/mol. The third kappa shape index (κ3) is 5.58. The van der Waals surface area contributed by atoms with Crippen molar-refractivity contribution in [2.75, 3.05) is 4.90 Å². The van der Waals surface area contributed by atoms with Crippen LogP contribution in [0.2, 0.25) is 0 Å². The lowest BCUT2D eigenvalue weighted by Gasteiger charge is -2.26. The van der Waals surface area contributed by atoms with Gasteiger partial charge in [-0.05, 0) is 76.5 Å². The van der Waals surface area contributed by atoms with Crippen LogP contribution in [0.5, 0.6) is 0 Å². The largest absolute Gasteiger partial charge is 0.456 e. The van der Waals surface area contributed by atoms with E-state index in [-0.39, 0.29) is 0 Å². The summed E-state index contributed by atoms with van der Waals surface area (Å²) >= 11 is 0. The highest BCUT2D eigenvalue weighted by Crippen LogP contribution is 2.44. The van der Waals surface area contributed by atoms with Crippen molar-refractivity contribution in [3.8, 4) is 45.0 Å². The van der Waals surface area contributed by atoms with Gasteiger partial charge in [-0.15, -0.1) is 0 Å². The second kappa shape index (κ2) is 13.4. The van der Waals surface area contributed by atoms with Crippen molar-refractivity contribution in [1.82, 2.24) is 9.97 Å². The van der Waals surface area contributed by atoms with Crippen molar-refractivity contribution in [3.63, 3.8) is 0 Å². The van der Waals surface area contributed by atoms with Gasteiger partial charge < -0.3 is 9.32 Å². The van der Waals surface area contributed by atoms with Gasteiger partial charge in [-0.1, -0.05) is 146 Å². The van der Waals surface area contributed by atoms with Crippen LogP contribution in [-0.2, 0) is 0 Å². The molecule has 0 unspecified atom stereocenters. The molecule has 0 radical (unpaired) electrons. The summed E-state index contributed by atoms with van der Waals surface area (Å²) in [5.74, 6) is 0.659. The molecule has 10 aromatic rings. The quantitative estimate of drug-likeness (QED) is 0.167. The van der Waals surface area contributed by atoms with Gasteiger partial charge in [0.1, 0.15) is 11.2 Å². The lowest BCUT2D eigenvalue weighted by molar-refractivity contribution is 0.669. The van der Waals surface area contributed by atoms with Gasteiger partial charge in [-0.3, -0.25) is 0 Å². The van der Waals surface area contributed by atoms with Crippen molar-refractivity contribution in [2.24, 2.45) is 0 Å². The monoisotopic (exact) mass is 691 g/mol. The summed E-state index contributed by atoms with van der Waals surface area (Å²) in [4.78, 5) is 12.7. The van der Waals surface area contributed by atoms with Crippen LogP contribution in [0.3, 0.4) is 0 Å². The molecule has 4 heteroatoms. The predicted molar refractivity (Wildman–Crippen MR) is 223 cm³/mol. The van der Waals surface area contributed by atoms with Gasteiger partial charge in [0, 0.05) is 44.5 Å². The van der Waals surface area contributed by atoms with Crippen molar-refractivity contribution in [2.45, 2.75) is 0 Å². The molecule has 254 valence electrons. The number of benzene rings is 8. The van der Waals surface area contributed by atoms with Crippen LogP contribution < -0.4 is 4.90 Å². The summed E-state index contributed by atoms with van der Waals surface area (Å²) in [5.41, 5.74) is 11.9. The summed E-state index contributed by atoms with van der Waals surface area (Å²) in [6, 6.07) is 69.5. The Balaban J connectivity index is 1.18. The van der Waals surface area contributed by atoms with Gasteiger partial charge in [-0.25, -0.2) is 9.97 Å². The molecule has 2 aromatic heterocycles. The molecule has 0 saturated heterocycles. The first kappa shape index (κ1) is 31.4. The van der Waals surface area contributed by atoms with E-state index in [9.17, 15) is 0 Å². The fourth-order valence-electron chi connectivity index (χ4n) is 7.60. The standard InChI is InChI=1S/C50H33N3O/c1-5-17-34(18-6-1)44-33-45(35-19-7-2-8-20-35)52-50(51-44)42-29-16-30-46-49(42)48-41-28-14-13-27-40(41)43(32-47(48)54-46)36-21-15-26-39(31-36)53(37-22-9-3-10-23-37)38-24-11-4-12-25-38/h1-33H. The number of furan rings is 1. The first-order valence-electron chi connectivity index (χ1n) is 18.2. The SMILES string of the molecule is c1ccc(-c2cc(-c3ccccc3)nc(-c3cccc4oc5cc(-c6cccc(N(c7ccccc7)c7ccccc7)c6)c6ccccc6c5c34)n2)cc1. The van der Waals surface area contributed by atoms with Crippen LogP contribution in [0.1, 0.15) is 0 Å². The maximum absolute atomic E-state index is 6.76. The Hall–Kier alpha value is -7.30. The molecule has 10 rings (SSSR count). The lowest BCUT2D eigenvalue weighted by atomic mass is 9.93. The summed E-state index contributed by atoms with van der Waals surface area (Å²) in [6.45, 7) is 0. The van der Waals surface area contributed by atoms with Gasteiger partial charge in [0.15, 0.2) is 5.82 Å². The summed E-state index contributed by atoms with van der Waals surface area (Å²) in [7, 11) is 0. The van der Waals surface area contributed by atoms with E-state index < -0.39 is 0 Å².